The Balaban J connectivity index is 1.34. The van der Waals surface area contributed by atoms with Crippen LogP contribution in [0.5, 0.6) is 0 Å². The Bertz CT molecular complexity index is 1420. The number of H-pyrrole nitrogens is 1. The van der Waals surface area contributed by atoms with Crippen molar-refractivity contribution in [3.8, 4) is 0 Å². The monoisotopic (exact) mass is 496 g/mol. The number of carbonyl (C=O) groups is 1. The number of aryl methyl sites for hydroxylation is 3. The first-order valence-corrected chi connectivity index (χ1v) is 13.7. The molecule has 8 nitrogen and oxygen atoms in total. The average molecular weight is 497 g/mol. The maximum absolute atomic E-state index is 13.7. The van der Waals surface area contributed by atoms with E-state index >= 15 is 0 Å². The molecule has 5 rings (SSSR count). The van der Waals surface area contributed by atoms with Gasteiger partial charge < -0.3 is 9.88 Å². The molecule has 1 atom stereocenters. The molecule has 1 N–H and O–H groups in total. The Kier molecular flexibility index (Phi) is 6.09. The Morgan fingerprint density at radius 1 is 0.971 bits per heavy atom. The van der Waals surface area contributed by atoms with Crippen LogP contribution in [-0.2, 0) is 14.8 Å². The number of aromatic nitrogens is 2. The summed E-state index contributed by atoms with van der Waals surface area (Å²) in [5.74, 6) is -0.127. The number of likely N-dealkylation sites (tertiary alicyclic amines) is 1. The molecule has 0 spiro atoms. The molecule has 2 aliphatic heterocycles. The molecule has 1 amide bonds. The van der Waals surface area contributed by atoms with E-state index in [1.807, 2.05) is 57.2 Å². The van der Waals surface area contributed by atoms with Crippen molar-refractivity contribution >= 4 is 27.0 Å². The Labute approximate surface area is 205 Å². The number of carbonyl (C=O) groups excluding carboxylic acids is 1. The van der Waals surface area contributed by atoms with Gasteiger partial charge in [-0.2, -0.15) is 4.31 Å². The lowest BCUT2D eigenvalue weighted by molar-refractivity contribution is -0.135. The standard InChI is InChI=1S/C26H32N4O4S/c1-17-15-18(2)24(19(3)16-17)35(33,34)29-12-6-9-23(29)25(31)28-13-10-20(11-14-28)30-22-8-5-4-7-21(22)27-26(30)32/h4-5,7-8,15-16,20,23H,6,9-14H2,1-3H3,(H,27,32). The number of nitrogens with zero attached hydrogens (tertiary/aromatic N) is 3. The number of imidazole rings is 1. The van der Waals surface area contributed by atoms with Crippen LogP contribution in [0.4, 0.5) is 0 Å². The zero-order valence-electron chi connectivity index (χ0n) is 20.5. The summed E-state index contributed by atoms with van der Waals surface area (Å²) in [7, 11) is -3.79. The second-order valence-electron chi connectivity index (χ2n) is 9.88. The lowest BCUT2D eigenvalue weighted by Crippen LogP contribution is -2.50. The molecule has 2 fully saturated rings. The number of nitrogens with one attached hydrogen (secondary N) is 1. The fraction of sp³-hybridized carbons (Fsp3) is 0.462. The lowest BCUT2D eigenvalue weighted by Gasteiger charge is -2.35. The summed E-state index contributed by atoms with van der Waals surface area (Å²) in [6.45, 7) is 6.94. The predicted octanol–water partition coefficient (Wildman–Crippen LogP) is 3.27. The number of piperidine rings is 1. The molecule has 0 bridgehead atoms. The van der Waals surface area contributed by atoms with Crippen molar-refractivity contribution < 1.29 is 13.2 Å². The fourth-order valence-corrected chi connectivity index (χ4v) is 8.02. The van der Waals surface area contributed by atoms with Gasteiger partial charge in [0.15, 0.2) is 0 Å². The molecule has 2 saturated heterocycles. The molecule has 3 aromatic rings. The van der Waals surface area contributed by atoms with E-state index in [1.165, 1.54) is 4.31 Å². The quantitative estimate of drug-likeness (QED) is 0.600. The van der Waals surface area contributed by atoms with Crippen LogP contribution in [0.2, 0.25) is 0 Å². The highest BCUT2D eigenvalue weighted by molar-refractivity contribution is 7.89. The number of sulfonamides is 1. The molecule has 1 aromatic heterocycles. The number of amides is 1. The maximum Gasteiger partial charge on any atom is 0.326 e. The first kappa shape index (κ1) is 23.8. The summed E-state index contributed by atoms with van der Waals surface area (Å²) in [6, 6.07) is 10.7. The Morgan fingerprint density at radius 3 is 2.31 bits per heavy atom. The maximum atomic E-state index is 13.7. The van der Waals surface area contributed by atoms with Gasteiger partial charge in [-0.1, -0.05) is 29.8 Å². The molecule has 35 heavy (non-hydrogen) atoms. The topological polar surface area (TPSA) is 95.5 Å². The highest BCUT2D eigenvalue weighted by atomic mass is 32.2. The number of fused-ring (bicyclic) bond motifs is 1. The van der Waals surface area contributed by atoms with E-state index in [0.717, 1.165) is 16.6 Å². The number of benzene rings is 2. The van der Waals surface area contributed by atoms with Gasteiger partial charge in [-0.3, -0.25) is 9.36 Å². The van der Waals surface area contributed by atoms with Crippen LogP contribution in [0.1, 0.15) is 48.4 Å². The summed E-state index contributed by atoms with van der Waals surface area (Å²) in [4.78, 5) is 31.1. The Hall–Kier alpha value is -2.91. The number of para-hydroxylation sites is 2. The van der Waals surface area contributed by atoms with Crippen LogP contribution in [0.3, 0.4) is 0 Å². The molecule has 0 radical (unpaired) electrons. The molecule has 1 unspecified atom stereocenters. The van der Waals surface area contributed by atoms with E-state index in [9.17, 15) is 18.0 Å². The molecule has 9 heteroatoms. The van der Waals surface area contributed by atoms with Gasteiger partial charge in [0, 0.05) is 25.7 Å². The van der Waals surface area contributed by atoms with E-state index in [-0.39, 0.29) is 17.6 Å². The van der Waals surface area contributed by atoms with Crippen LogP contribution < -0.4 is 5.69 Å². The van der Waals surface area contributed by atoms with Gasteiger partial charge in [0.25, 0.3) is 0 Å². The van der Waals surface area contributed by atoms with E-state index in [4.69, 9.17) is 0 Å². The van der Waals surface area contributed by atoms with Crippen molar-refractivity contribution in [3.05, 3.63) is 63.6 Å². The second-order valence-corrected chi connectivity index (χ2v) is 11.7. The number of hydrogen-bond donors (Lipinski definition) is 1. The first-order chi connectivity index (χ1) is 16.7. The summed E-state index contributed by atoms with van der Waals surface area (Å²) in [5, 5.41) is 0. The van der Waals surface area contributed by atoms with Gasteiger partial charge in [-0.25, -0.2) is 13.2 Å². The first-order valence-electron chi connectivity index (χ1n) is 12.3. The minimum Gasteiger partial charge on any atom is -0.341 e. The van der Waals surface area contributed by atoms with E-state index in [0.29, 0.717) is 61.3 Å². The molecule has 0 aliphatic carbocycles. The molecular formula is C26H32N4O4S. The predicted molar refractivity (Wildman–Crippen MR) is 135 cm³/mol. The van der Waals surface area contributed by atoms with Crippen molar-refractivity contribution in [2.24, 2.45) is 0 Å². The molecule has 2 aliphatic rings. The minimum absolute atomic E-state index is 0.00368. The molecular weight excluding hydrogens is 464 g/mol. The van der Waals surface area contributed by atoms with Crippen molar-refractivity contribution in [2.75, 3.05) is 19.6 Å². The van der Waals surface area contributed by atoms with Crippen LogP contribution >= 0.6 is 0 Å². The SMILES string of the molecule is Cc1cc(C)c(S(=O)(=O)N2CCCC2C(=O)N2CCC(n3c(=O)[nH]c4ccccc43)CC2)c(C)c1. The second kappa shape index (κ2) is 8.95. The van der Waals surface area contributed by atoms with Gasteiger partial charge in [-0.15, -0.1) is 0 Å². The molecule has 2 aromatic carbocycles. The Morgan fingerprint density at radius 2 is 1.63 bits per heavy atom. The minimum atomic E-state index is -3.79. The number of hydrogen-bond acceptors (Lipinski definition) is 4. The van der Waals surface area contributed by atoms with Crippen molar-refractivity contribution in [1.82, 2.24) is 18.8 Å². The molecule has 3 heterocycles. The average Bonchev–Trinajstić information content (AvgIpc) is 3.42. The van der Waals surface area contributed by atoms with E-state index in [1.54, 1.807) is 9.47 Å². The van der Waals surface area contributed by atoms with Crippen molar-refractivity contribution in [2.45, 2.75) is 63.4 Å². The molecule has 0 saturated carbocycles. The fourth-order valence-electron chi connectivity index (χ4n) is 5.96. The summed E-state index contributed by atoms with van der Waals surface area (Å²) >= 11 is 0. The van der Waals surface area contributed by atoms with E-state index in [2.05, 4.69) is 4.98 Å². The lowest BCUT2D eigenvalue weighted by atomic mass is 10.0. The van der Waals surface area contributed by atoms with Crippen LogP contribution in [0, 0.1) is 20.8 Å². The molecule has 186 valence electrons. The number of rotatable bonds is 4. The zero-order valence-corrected chi connectivity index (χ0v) is 21.3. The number of aromatic amines is 1. The third-order valence-electron chi connectivity index (χ3n) is 7.43. The smallest absolute Gasteiger partial charge is 0.326 e. The third kappa shape index (κ3) is 4.10. The van der Waals surface area contributed by atoms with Gasteiger partial charge in [0.2, 0.25) is 15.9 Å². The highest BCUT2D eigenvalue weighted by Gasteiger charge is 2.42. The third-order valence-corrected chi connectivity index (χ3v) is 9.64. The summed E-state index contributed by atoms with van der Waals surface area (Å²) in [6.07, 6.45) is 2.51. The summed E-state index contributed by atoms with van der Waals surface area (Å²) < 4.78 is 30.5. The van der Waals surface area contributed by atoms with Gasteiger partial charge in [0.1, 0.15) is 6.04 Å². The van der Waals surface area contributed by atoms with E-state index < -0.39 is 16.1 Å². The van der Waals surface area contributed by atoms with Gasteiger partial charge >= 0.3 is 5.69 Å². The van der Waals surface area contributed by atoms with Crippen LogP contribution in [0.25, 0.3) is 11.0 Å². The zero-order chi connectivity index (χ0) is 24.9. The van der Waals surface area contributed by atoms with Crippen LogP contribution in [0.15, 0.2) is 46.1 Å². The van der Waals surface area contributed by atoms with Gasteiger partial charge in [-0.05, 0) is 69.7 Å². The highest BCUT2D eigenvalue weighted by Crippen LogP contribution is 2.33. The van der Waals surface area contributed by atoms with Crippen molar-refractivity contribution in [3.63, 3.8) is 0 Å². The van der Waals surface area contributed by atoms with Gasteiger partial charge in [0.05, 0.1) is 15.9 Å². The largest absolute Gasteiger partial charge is 0.341 e. The normalized spacial score (nSPS) is 20.1. The van der Waals surface area contributed by atoms with Crippen LogP contribution in [-0.4, -0.2) is 58.8 Å². The summed E-state index contributed by atoms with van der Waals surface area (Å²) in [5.41, 5.74) is 4.00. The van der Waals surface area contributed by atoms with Crippen molar-refractivity contribution in [1.29, 1.82) is 0 Å².